The first kappa shape index (κ1) is 18.1. The molecular weight excluding hydrogens is 360 g/mol. The van der Waals surface area contributed by atoms with E-state index < -0.39 is 11.6 Å². The maximum Gasteiger partial charge on any atom is 0.264 e. The number of carbonyl (C=O) groups is 1. The van der Waals surface area contributed by atoms with Crippen molar-refractivity contribution in [2.24, 2.45) is 7.05 Å². The Balaban J connectivity index is 1.61. The van der Waals surface area contributed by atoms with E-state index in [1.54, 1.807) is 34.3 Å². The van der Waals surface area contributed by atoms with Gasteiger partial charge in [0.25, 0.3) is 5.91 Å². The number of nitrogens with zero attached hydrogens (tertiary/aromatic N) is 3. The van der Waals surface area contributed by atoms with Gasteiger partial charge in [0.1, 0.15) is 12.4 Å². The molecule has 3 rings (SSSR count). The molecule has 0 N–H and O–H groups in total. The molecule has 0 aliphatic heterocycles. The molecule has 0 spiro atoms. The van der Waals surface area contributed by atoms with Gasteiger partial charge in [0.05, 0.1) is 17.1 Å². The molecule has 0 aliphatic carbocycles. The van der Waals surface area contributed by atoms with Crippen molar-refractivity contribution in [1.82, 2.24) is 14.7 Å². The van der Waals surface area contributed by atoms with Crippen LogP contribution < -0.4 is 4.74 Å². The van der Waals surface area contributed by atoms with E-state index in [4.69, 9.17) is 4.74 Å². The summed E-state index contributed by atoms with van der Waals surface area (Å²) in [5, 5.41) is 5.87. The fraction of sp³-hybridized carbons (Fsp3) is 0.222. The van der Waals surface area contributed by atoms with E-state index in [9.17, 15) is 13.6 Å². The lowest BCUT2D eigenvalue weighted by Gasteiger charge is -2.16. The third kappa shape index (κ3) is 4.08. The Bertz CT molecular complexity index is 923. The van der Waals surface area contributed by atoms with Crippen molar-refractivity contribution in [3.8, 4) is 5.75 Å². The maximum atomic E-state index is 13.6. The number of amides is 1. The van der Waals surface area contributed by atoms with Crippen molar-refractivity contribution in [2.75, 3.05) is 7.05 Å². The lowest BCUT2D eigenvalue weighted by Crippen LogP contribution is -2.26. The second kappa shape index (κ2) is 7.65. The molecule has 8 heteroatoms. The van der Waals surface area contributed by atoms with Crippen LogP contribution in [0.15, 0.2) is 41.9 Å². The average Bonchev–Trinajstić information content (AvgIpc) is 3.23. The van der Waals surface area contributed by atoms with Gasteiger partial charge in [-0.25, -0.2) is 8.78 Å². The molecule has 0 aliphatic rings. The zero-order chi connectivity index (χ0) is 18.7. The zero-order valence-electron chi connectivity index (χ0n) is 14.3. The topological polar surface area (TPSA) is 47.4 Å². The van der Waals surface area contributed by atoms with E-state index in [0.29, 0.717) is 11.4 Å². The molecular formula is C18H17F2N3O2S. The highest BCUT2D eigenvalue weighted by atomic mass is 32.1. The molecule has 0 saturated carbocycles. The third-order valence-electron chi connectivity index (χ3n) is 3.82. The van der Waals surface area contributed by atoms with Gasteiger partial charge in [-0.3, -0.25) is 9.48 Å². The van der Waals surface area contributed by atoms with Crippen LogP contribution in [0.2, 0.25) is 0 Å². The minimum absolute atomic E-state index is 0.0289. The SMILES string of the molecule is CN(Cc1ccnn1C)C(=O)c1cc(COc2ccc(F)cc2F)cs1. The van der Waals surface area contributed by atoms with Gasteiger partial charge >= 0.3 is 0 Å². The Morgan fingerprint density at radius 3 is 2.81 bits per heavy atom. The molecule has 3 aromatic rings. The number of aryl methyl sites for hydroxylation is 1. The Morgan fingerprint density at radius 1 is 1.31 bits per heavy atom. The summed E-state index contributed by atoms with van der Waals surface area (Å²) in [6.45, 7) is 0.539. The summed E-state index contributed by atoms with van der Waals surface area (Å²) >= 11 is 1.30. The minimum Gasteiger partial charge on any atom is -0.486 e. The molecule has 2 aromatic heterocycles. The molecule has 1 aromatic carbocycles. The van der Waals surface area contributed by atoms with Crippen LogP contribution in [0.5, 0.6) is 5.75 Å². The van der Waals surface area contributed by atoms with Gasteiger partial charge in [-0.2, -0.15) is 5.10 Å². The summed E-state index contributed by atoms with van der Waals surface area (Å²) in [5.74, 6) is -1.56. The number of thiophene rings is 1. The van der Waals surface area contributed by atoms with E-state index in [-0.39, 0.29) is 18.3 Å². The summed E-state index contributed by atoms with van der Waals surface area (Å²) < 4.78 is 33.6. The number of halogens is 2. The molecule has 136 valence electrons. The fourth-order valence-corrected chi connectivity index (χ4v) is 3.27. The standard InChI is InChI=1S/C18H17F2N3O2S/c1-22(9-14-5-6-21-23(14)2)18(24)17-7-12(11-26-17)10-25-16-4-3-13(19)8-15(16)20/h3-8,11H,9-10H2,1-2H3. The number of aromatic nitrogens is 2. The summed E-state index contributed by atoms with van der Waals surface area (Å²) in [7, 11) is 3.54. The number of carbonyl (C=O) groups excluding carboxylic acids is 1. The molecule has 1 amide bonds. The van der Waals surface area contributed by atoms with Crippen LogP contribution in [0.3, 0.4) is 0 Å². The number of benzene rings is 1. The first-order valence-corrected chi connectivity index (χ1v) is 8.69. The summed E-state index contributed by atoms with van der Waals surface area (Å²) in [4.78, 5) is 14.7. The number of hydrogen-bond donors (Lipinski definition) is 0. The van der Waals surface area contributed by atoms with Crippen LogP contribution in [0, 0.1) is 11.6 Å². The van der Waals surface area contributed by atoms with Crippen LogP contribution in [0.1, 0.15) is 20.9 Å². The van der Waals surface area contributed by atoms with Gasteiger partial charge in [-0.05, 0) is 29.6 Å². The Labute approximate surface area is 153 Å². The van der Waals surface area contributed by atoms with E-state index >= 15 is 0 Å². The second-order valence-corrected chi connectivity index (χ2v) is 6.70. The molecule has 0 fully saturated rings. The third-order valence-corrected chi connectivity index (χ3v) is 4.79. The normalized spacial score (nSPS) is 10.8. The van der Waals surface area contributed by atoms with Crippen LogP contribution in [0.4, 0.5) is 8.78 Å². The molecule has 26 heavy (non-hydrogen) atoms. The number of hydrogen-bond acceptors (Lipinski definition) is 4. The van der Waals surface area contributed by atoms with E-state index in [2.05, 4.69) is 5.10 Å². The van der Waals surface area contributed by atoms with Crippen molar-refractivity contribution in [1.29, 1.82) is 0 Å². The van der Waals surface area contributed by atoms with Crippen molar-refractivity contribution in [3.05, 3.63) is 69.7 Å². The van der Waals surface area contributed by atoms with E-state index in [0.717, 1.165) is 23.4 Å². The Hall–Kier alpha value is -2.74. The molecule has 0 radical (unpaired) electrons. The quantitative estimate of drug-likeness (QED) is 0.659. The van der Waals surface area contributed by atoms with Crippen LogP contribution in [-0.2, 0) is 20.2 Å². The van der Waals surface area contributed by atoms with Crippen molar-refractivity contribution < 1.29 is 18.3 Å². The predicted octanol–water partition coefficient (Wildman–Crippen LogP) is 3.61. The lowest BCUT2D eigenvalue weighted by molar-refractivity contribution is 0.0786. The Kier molecular flexibility index (Phi) is 5.32. The van der Waals surface area contributed by atoms with Gasteiger partial charge in [0.15, 0.2) is 11.6 Å². The largest absolute Gasteiger partial charge is 0.486 e. The predicted molar refractivity (Wildman–Crippen MR) is 94.0 cm³/mol. The van der Waals surface area contributed by atoms with Crippen LogP contribution in [0.25, 0.3) is 0 Å². The van der Waals surface area contributed by atoms with Gasteiger partial charge in [0.2, 0.25) is 0 Å². The molecule has 0 atom stereocenters. The van der Waals surface area contributed by atoms with Crippen molar-refractivity contribution in [2.45, 2.75) is 13.2 Å². The molecule has 0 saturated heterocycles. The van der Waals surface area contributed by atoms with Gasteiger partial charge in [0, 0.05) is 31.9 Å². The Morgan fingerprint density at radius 2 is 2.12 bits per heavy atom. The lowest BCUT2D eigenvalue weighted by atomic mass is 10.3. The van der Waals surface area contributed by atoms with Crippen molar-refractivity contribution in [3.63, 3.8) is 0 Å². The van der Waals surface area contributed by atoms with Gasteiger partial charge in [-0.1, -0.05) is 0 Å². The van der Waals surface area contributed by atoms with Crippen molar-refractivity contribution >= 4 is 17.2 Å². The van der Waals surface area contributed by atoms with E-state index in [1.165, 1.54) is 17.4 Å². The second-order valence-electron chi connectivity index (χ2n) is 5.79. The summed E-state index contributed by atoms with van der Waals surface area (Å²) in [6, 6.07) is 6.72. The first-order chi connectivity index (χ1) is 12.4. The molecule has 0 bridgehead atoms. The zero-order valence-corrected chi connectivity index (χ0v) is 15.1. The molecule has 2 heterocycles. The highest BCUT2D eigenvalue weighted by Gasteiger charge is 2.16. The van der Waals surface area contributed by atoms with Gasteiger partial charge in [-0.15, -0.1) is 11.3 Å². The van der Waals surface area contributed by atoms with Gasteiger partial charge < -0.3 is 9.64 Å². The van der Waals surface area contributed by atoms with Crippen LogP contribution >= 0.6 is 11.3 Å². The molecule has 0 unspecified atom stereocenters. The highest BCUT2D eigenvalue weighted by molar-refractivity contribution is 7.12. The average molecular weight is 377 g/mol. The monoisotopic (exact) mass is 377 g/mol. The summed E-state index contributed by atoms with van der Waals surface area (Å²) in [5.41, 5.74) is 1.67. The van der Waals surface area contributed by atoms with E-state index in [1.807, 2.05) is 13.1 Å². The first-order valence-electron chi connectivity index (χ1n) is 7.81. The smallest absolute Gasteiger partial charge is 0.264 e. The number of rotatable bonds is 6. The maximum absolute atomic E-state index is 13.6. The van der Waals surface area contributed by atoms with Crippen LogP contribution in [-0.4, -0.2) is 27.6 Å². The highest BCUT2D eigenvalue weighted by Crippen LogP contribution is 2.22. The summed E-state index contributed by atoms with van der Waals surface area (Å²) in [6.07, 6.45) is 1.68. The minimum atomic E-state index is -0.757. The molecule has 5 nitrogen and oxygen atoms in total. The number of ether oxygens (including phenoxy) is 1. The fourth-order valence-electron chi connectivity index (χ4n) is 2.38.